The summed E-state index contributed by atoms with van der Waals surface area (Å²) < 4.78 is 14.5. The molecule has 0 radical (unpaired) electrons. The summed E-state index contributed by atoms with van der Waals surface area (Å²) in [5.41, 5.74) is 5.12. The van der Waals surface area contributed by atoms with Crippen LogP contribution in [-0.2, 0) is 24.2 Å². The molecule has 1 fully saturated rings. The van der Waals surface area contributed by atoms with Crippen molar-refractivity contribution < 1.29 is 19.4 Å². The number of rotatable bonds is 6. The van der Waals surface area contributed by atoms with Crippen molar-refractivity contribution in [1.82, 2.24) is 9.55 Å². The Bertz CT molecular complexity index is 1670. The number of carboxylic acid groups (broad SMARTS) is 1. The van der Waals surface area contributed by atoms with Crippen molar-refractivity contribution in [3.05, 3.63) is 63.6 Å². The number of aliphatic carboxylic acids is 1. The zero-order valence-corrected chi connectivity index (χ0v) is 22.3. The lowest BCUT2D eigenvalue weighted by atomic mass is 9.87. The molecule has 0 amide bonds. The SMILES string of the molecule is Cc1cc2c(ccc(=O)n2CC2CC2)c(-c2c(OC(C)(C)C)cc3c4c(ccnc24)CCO3)c1CC(=O)O. The van der Waals surface area contributed by atoms with E-state index in [9.17, 15) is 14.7 Å². The third kappa shape index (κ3) is 4.30. The van der Waals surface area contributed by atoms with E-state index in [2.05, 4.69) is 0 Å². The first kappa shape index (κ1) is 24.5. The van der Waals surface area contributed by atoms with Gasteiger partial charge in [0.25, 0.3) is 5.56 Å². The molecule has 0 bridgehead atoms. The molecule has 0 unspecified atom stereocenters. The molecule has 0 atom stereocenters. The van der Waals surface area contributed by atoms with Crippen molar-refractivity contribution >= 4 is 27.8 Å². The van der Waals surface area contributed by atoms with Crippen LogP contribution >= 0.6 is 0 Å². The second-order valence-corrected chi connectivity index (χ2v) is 11.5. The van der Waals surface area contributed by atoms with Gasteiger partial charge >= 0.3 is 5.97 Å². The van der Waals surface area contributed by atoms with Gasteiger partial charge in [-0.3, -0.25) is 14.6 Å². The van der Waals surface area contributed by atoms with E-state index in [4.69, 9.17) is 14.5 Å². The van der Waals surface area contributed by atoms with E-state index in [1.807, 2.05) is 56.5 Å². The van der Waals surface area contributed by atoms with Gasteiger partial charge < -0.3 is 19.1 Å². The molecule has 0 spiro atoms. The first-order chi connectivity index (χ1) is 18.1. The smallest absolute Gasteiger partial charge is 0.307 e. The fourth-order valence-corrected chi connectivity index (χ4v) is 5.62. The van der Waals surface area contributed by atoms with Crippen LogP contribution in [-0.4, -0.2) is 32.8 Å². The molecule has 1 aliphatic carbocycles. The number of aromatic nitrogens is 2. The Morgan fingerprint density at radius 1 is 1.18 bits per heavy atom. The van der Waals surface area contributed by atoms with E-state index in [-0.39, 0.29) is 12.0 Å². The van der Waals surface area contributed by atoms with E-state index < -0.39 is 11.6 Å². The van der Waals surface area contributed by atoms with E-state index in [0.717, 1.165) is 69.1 Å². The second-order valence-electron chi connectivity index (χ2n) is 11.5. The maximum absolute atomic E-state index is 13.0. The van der Waals surface area contributed by atoms with Gasteiger partial charge in [0, 0.05) is 47.6 Å². The van der Waals surface area contributed by atoms with Crippen molar-refractivity contribution in [2.75, 3.05) is 6.61 Å². The summed E-state index contributed by atoms with van der Waals surface area (Å²) in [4.78, 5) is 30.0. The molecular weight excluding hydrogens is 480 g/mol. The molecule has 2 aromatic carbocycles. The molecule has 4 aromatic rings. The fourth-order valence-electron chi connectivity index (χ4n) is 5.62. The fraction of sp³-hybridized carbons (Fsp3) is 0.387. The van der Waals surface area contributed by atoms with Gasteiger partial charge in [-0.05, 0) is 81.3 Å². The lowest BCUT2D eigenvalue weighted by Crippen LogP contribution is -2.24. The summed E-state index contributed by atoms with van der Waals surface area (Å²) in [6.07, 6.45) is 4.65. The number of aryl methyl sites for hydroxylation is 1. The van der Waals surface area contributed by atoms with Crippen LogP contribution < -0.4 is 15.0 Å². The molecule has 2 aliphatic rings. The Balaban J connectivity index is 1.78. The van der Waals surface area contributed by atoms with E-state index >= 15 is 0 Å². The largest absolute Gasteiger partial charge is 0.492 e. The quantitative estimate of drug-likeness (QED) is 0.358. The summed E-state index contributed by atoms with van der Waals surface area (Å²) in [6, 6.07) is 9.33. The zero-order chi connectivity index (χ0) is 26.8. The molecule has 1 aliphatic heterocycles. The Hall–Kier alpha value is -3.87. The predicted molar refractivity (Wildman–Crippen MR) is 147 cm³/mol. The molecule has 1 saturated carbocycles. The van der Waals surface area contributed by atoms with Gasteiger partial charge in [0.2, 0.25) is 0 Å². The number of carbonyl (C=O) groups is 1. The van der Waals surface area contributed by atoms with Crippen LogP contribution in [0.3, 0.4) is 0 Å². The number of hydrogen-bond acceptors (Lipinski definition) is 5. The summed E-state index contributed by atoms with van der Waals surface area (Å²) in [5, 5.41) is 11.7. The van der Waals surface area contributed by atoms with E-state index in [0.29, 0.717) is 30.4 Å². The van der Waals surface area contributed by atoms with Gasteiger partial charge in [0.15, 0.2) is 0 Å². The van der Waals surface area contributed by atoms with Crippen LogP contribution in [0.4, 0.5) is 0 Å². The molecule has 3 heterocycles. The monoisotopic (exact) mass is 512 g/mol. The van der Waals surface area contributed by atoms with Crippen molar-refractivity contribution in [2.24, 2.45) is 5.92 Å². The topological polar surface area (TPSA) is 90.7 Å². The molecule has 7 nitrogen and oxygen atoms in total. The van der Waals surface area contributed by atoms with Crippen LogP contribution in [0.1, 0.15) is 50.3 Å². The molecule has 1 N–H and O–H groups in total. The van der Waals surface area contributed by atoms with Crippen molar-refractivity contribution in [1.29, 1.82) is 0 Å². The number of carboxylic acids is 1. The molecule has 196 valence electrons. The van der Waals surface area contributed by atoms with Gasteiger partial charge in [0.05, 0.1) is 29.6 Å². The van der Waals surface area contributed by atoms with E-state index in [1.165, 1.54) is 0 Å². The van der Waals surface area contributed by atoms with Gasteiger partial charge in [-0.1, -0.05) is 0 Å². The number of pyridine rings is 2. The average Bonchev–Trinajstić information content (AvgIpc) is 3.66. The number of ether oxygens (including phenoxy) is 2. The summed E-state index contributed by atoms with van der Waals surface area (Å²) >= 11 is 0. The minimum Gasteiger partial charge on any atom is -0.492 e. The standard InChI is InChI=1S/C31H32N2O5/c1-17-13-22-20(7-8-25(34)33(22)16-18-5-6-18)28(21(17)14-26(35)36)29-24(38-31(2,3)4)15-23-27-19(10-12-37-23)9-11-32-30(27)29/h7-9,11,13,15,18H,5-6,10,12,14,16H2,1-4H3,(H,35,36). The number of benzene rings is 2. The molecular formula is C31H32N2O5. The minimum absolute atomic E-state index is 0.0460. The Morgan fingerprint density at radius 2 is 1.97 bits per heavy atom. The number of nitrogens with zero attached hydrogens (tertiary/aromatic N) is 2. The van der Waals surface area contributed by atoms with Crippen molar-refractivity contribution in [3.63, 3.8) is 0 Å². The first-order valence-electron chi connectivity index (χ1n) is 13.3. The Morgan fingerprint density at radius 3 is 2.68 bits per heavy atom. The van der Waals surface area contributed by atoms with Crippen LogP contribution in [0.15, 0.2) is 41.3 Å². The maximum atomic E-state index is 13.0. The minimum atomic E-state index is -0.919. The van der Waals surface area contributed by atoms with Crippen LogP contribution in [0.25, 0.3) is 32.9 Å². The predicted octanol–water partition coefficient (Wildman–Crippen LogP) is 5.67. The number of hydrogen-bond donors (Lipinski definition) is 1. The van der Waals surface area contributed by atoms with Crippen molar-refractivity contribution in [3.8, 4) is 22.6 Å². The van der Waals surface area contributed by atoms with Gasteiger partial charge in [-0.2, -0.15) is 0 Å². The molecule has 38 heavy (non-hydrogen) atoms. The van der Waals surface area contributed by atoms with E-state index in [1.54, 1.807) is 12.3 Å². The first-order valence-corrected chi connectivity index (χ1v) is 13.3. The summed E-state index contributed by atoms with van der Waals surface area (Å²) in [6.45, 7) is 9.11. The van der Waals surface area contributed by atoms with Gasteiger partial charge in [-0.25, -0.2) is 0 Å². The van der Waals surface area contributed by atoms with Gasteiger partial charge in [0.1, 0.15) is 17.1 Å². The highest BCUT2D eigenvalue weighted by molar-refractivity contribution is 6.10. The lowest BCUT2D eigenvalue weighted by Gasteiger charge is -2.28. The lowest BCUT2D eigenvalue weighted by molar-refractivity contribution is -0.136. The average molecular weight is 513 g/mol. The second kappa shape index (κ2) is 8.86. The highest BCUT2D eigenvalue weighted by atomic mass is 16.5. The van der Waals surface area contributed by atoms with Crippen LogP contribution in [0.5, 0.6) is 11.5 Å². The normalized spacial score (nSPS) is 15.1. The highest BCUT2D eigenvalue weighted by Gasteiger charge is 2.29. The third-order valence-corrected chi connectivity index (χ3v) is 7.42. The molecule has 2 aromatic heterocycles. The Kier molecular flexibility index (Phi) is 5.70. The van der Waals surface area contributed by atoms with Crippen LogP contribution in [0, 0.1) is 12.8 Å². The summed E-state index contributed by atoms with van der Waals surface area (Å²) in [5.74, 6) is 0.891. The third-order valence-electron chi connectivity index (χ3n) is 7.42. The number of fused-ring (bicyclic) bond motifs is 1. The zero-order valence-electron chi connectivity index (χ0n) is 22.3. The maximum Gasteiger partial charge on any atom is 0.307 e. The van der Waals surface area contributed by atoms with Gasteiger partial charge in [-0.15, -0.1) is 0 Å². The van der Waals surface area contributed by atoms with Crippen molar-refractivity contribution in [2.45, 2.75) is 65.5 Å². The molecule has 6 rings (SSSR count). The molecule has 0 saturated heterocycles. The highest BCUT2D eigenvalue weighted by Crippen LogP contribution is 2.48. The summed E-state index contributed by atoms with van der Waals surface area (Å²) in [7, 11) is 0. The Labute approximate surface area is 221 Å². The van der Waals surface area contributed by atoms with Crippen LogP contribution in [0.2, 0.25) is 0 Å². The molecule has 7 heteroatoms.